The number of nitriles is 1. The molecule has 0 unspecified atom stereocenters. The summed E-state index contributed by atoms with van der Waals surface area (Å²) in [6.45, 7) is 28.1. The second-order valence-electron chi connectivity index (χ2n) is 28.8. The Hall–Kier alpha value is -9.67. The van der Waals surface area contributed by atoms with Gasteiger partial charge in [0.05, 0.1) is 66.9 Å². The van der Waals surface area contributed by atoms with Crippen molar-refractivity contribution >= 4 is 119 Å². The number of fused-ring (bicyclic) bond motifs is 15. The summed E-state index contributed by atoms with van der Waals surface area (Å²) in [7, 11) is 0. The summed E-state index contributed by atoms with van der Waals surface area (Å²) in [4.78, 5) is 0. The third kappa shape index (κ3) is 7.90. The highest BCUT2D eigenvalue weighted by Gasteiger charge is 2.38. The van der Waals surface area contributed by atoms with E-state index < -0.39 is 0 Å². The maximum Gasteiger partial charge on any atom is 0.104 e. The van der Waals surface area contributed by atoms with Crippen LogP contribution in [0.4, 0.5) is 0 Å². The Morgan fingerprint density at radius 3 is 0.921 bits per heavy atom. The zero-order chi connectivity index (χ0) is 61.4. The van der Waals surface area contributed by atoms with Crippen molar-refractivity contribution in [2.75, 3.05) is 0 Å². The molecule has 11 aromatic carbocycles. The fourth-order valence-electron chi connectivity index (χ4n) is 15.3. The van der Waals surface area contributed by atoms with E-state index in [9.17, 15) is 5.26 Å². The number of thiophene rings is 1. The quantitative estimate of drug-likeness (QED) is 0.169. The minimum Gasteiger partial charge on any atom is -0.306 e. The van der Waals surface area contributed by atoms with E-state index in [1.807, 2.05) is 11.3 Å². The first-order chi connectivity index (χ1) is 42.7. The van der Waals surface area contributed by atoms with Crippen LogP contribution in [0, 0.1) is 11.3 Å². The summed E-state index contributed by atoms with van der Waals surface area (Å²) < 4.78 is 12.8. The van der Waals surface area contributed by atoms with Crippen LogP contribution in [0.15, 0.2) is 212 Å². The molecule has 5 nitrogen and oxygen atoms in total. The van der Waals surface area contributed by atoms with Crippen LogP contribution < -0.4 is 0 Å². The van der Waals surface area contributed by atoms with Crippen molar-refractivity contribution in [3.8, 4) is 39.9 Å². The summed E-state index contributed by atoms with van der Waals surface area (Å²) in [5, 5.41) is 25.2. The van der Waals surface area contributed by atoms with Crippen LogP contribution in [-0.2, 0) is 21.7 Å². The second-order valence-corrected chi connectivity index (χ2v) is 29.9. The van der Waals surface area contributed by atoms with Gasteiger partial charge in [-0.15, -0.1) is 11.3 Å². The summed E-state index contributed by atoms with van der Waals surface area (Å²) >= 11 is 1.85. The van der Waals surface area contributed by atoms with Crippen LogP contribution in [0.1, 0.15) is 111 Å². The molecular weight excluding hydrogens is 1100 g/mol. The lowest BCUT2D eigenvalue weighted by Gasteiger charge is -2.32. The van der Waals surface area contributed by atoms with Gasteiger partial charge in [-0.05, 0) is 85.9 Å². The summed E-state index contributed by atoms with van der Waals surface area (Å²) in [5.41, 5.74) is 18.3. The Balaban J connectivity index is 1.32. The van der Waals surface area contributed by atoms with Gasteiger partial charge in [-0.3, -0.25) is 0 Å². The maximum absolute atomic E-state index is 13.6. The van der Waals surface area contributed by atoms with Crippen molar-refractivity contribution in [3.05, 3.63) is 240 Å². The monoisotopic (exact) mass is 1170 g/mol. The molecule has 0 atom stereocenters. The van der Waals surface area contributed by atoms with Gasteiger partial charge in [-0.25, -0.2) is 0 Å². The van der Waals surface area contributed by atoms with E-state index in [1.165, 1.54) is 42.4 Å². The smallest absolute Gasteiger partial charge is 0.104 e. The Bertz CT molecular complexity index is 5440. The van der Waals surface area contributed by atoms with Gasteiger partial charge in [0, 0.05) is 68.8 Å². The van der Waals surface area contributed by atoms with Gasteiger partial charge in [0.1, 0.15) is 11.6 Å². The Morgan fingerprint density at radius 2 is 0.584 bits per heavy atom. The molecule has 16 aromatic rings. The molecule has 6 heteroatoms. The molecule has 0 spiro atoms. The molecule has 0 aliphatic heterocycles. The van der Waals surface area contributed by atoms with E-state index in [0.717, 1.165) is 121 Å². The molecule has 0 aliphatic carbocycles. The minimum atomic E-state index is -0.316. The third-order valence-electron chi connectivity index (χ3n) is 19.1. The van der Waals surface area contributed by atoms with Gasteiger partial charge in [0.2, 0.25) is 0 Å². The molecule has 0 saturated heterocycles. The van der Waals surface area contributed by atoms with E-state index in [4.69, 9.17) is 0 Å². The minimum absolute atomic E-state index is 0.310. The third-order valence-corrected chi connectivity index (χ3v) is 20.2. The molecular formula is C83H71N5S. The average molecular weight is 1170 g/mol. The van der Waals surface area contributed by atoms with Crippen LogP contribution in [0.2, 0.25) is 0 Å². The number of rotatable bonds is 5. The van der Waals surface area contributed by atoms with E-state index in [1.54, 1.807) is 0 Å². The van der Waals surface area contributed by atoms with Crippen molar-refractivity contribution < 1.29 is 0 Å². The number of hydrogen-bond acceptors (Lipinski definition) is 2. The van der Waals surface area contributed by atoms with Crippen molar-refractivity contribution in [3.63, 3.8) is 0 Å². The average Bonchev–Trinajstić information content (AvgIpc) is 1.60. The second kappa shape index (κ2) is 19.2. The number of benzene rings is 11. The van der Waals surface area contributed by atoms with Gasteiger partial charge >= 0.3 is 0 Å². The lowest BCUT2D eigenvalue weighted by Crippen LogP contribution is -2.20. The van der Waals surface area contributed by atoms with E-state index >= 15 is 0 Å². The van der Waals surface area contributed by atoms with Crippen LogP contribution in [-0.4, -0.2) is 18.3 Å². The van der Waals surface area contributed by atoms with Crippen molar-refractivity contribution in [2.24, 2.45) is 0 Å². The van der Waals surface area contributed by atoms with Gasteiger partial charge in [-0.1, -0.05) is 259 Å². The van der Waals surface area contributed by atoms with Crippen LogP contribution >= 0.6 is 11.3 Å². The predicted molar refractivity (Wildman–Crippen MR) is 382 cm³/mol. The molecule has 0 amide bonds. The Morgan fingerprint density at radius 1 is 0.292 bits per heavy atom. The highest BCUT2D eigenvalue weighted by atomic mass is 32.1. The summed E-state index contributed by atoms with van der Waals surface area (Å²) in [6, 6.07) is 82.8. The normalized spacial score (nSPS) is 12.9. The predicted octanol–water partition coefficient (Wildman–Crippen LogP) is 23.2. The molecule has 0 fully saturated rings. The molecule has 434 valence electrons. The molecule has 0 aliphatic rings. The van der Waals surface area contributed by atoms with Gasteiger partial charge in [0.25, 0.3) is 0 Å². The van der Waals surface area contributed by atoms with Gasteiger partial charge in [0.15, 0.2) is 0 Å². The molecule has 5 aromatic heterocycles. The molecule has 0 N–H and O–H groups in total. The van der Waals surface area contributed by atoms with Crippen LogP contribution in [0.25, 0.3) is 141 Å². The fourth-order valence-corrected chi connectivity index (χ4v) is 16.4. The van der Waals surface area contributed by atoms with Crippen LogP contribution in [0.5, 0.6) is 0 Å². The van der Waals surface area contributed by atoms with E-state index in [0.29, 0.717) is 5.56 Å². The lowest BCUT2D eigenvalue weighted by molar-refractivity contribution is 0.593. The number of nitrogens with zero attached hydrogens (tertiary/aromatic N) is 5. The zero-order valence-electron chi connectivity index (χ0n) is 52.9. The molecule has 0 radical (unpaired) electrons. The molecule has 89 heavy (non-hydrogen) atoms. The van der Waals surface area contributed by atoms with Crippen molar-refractivity contribution in [1.29, 1.82) is 5.26 Å². The highest BCUT2D eigenvalue weighted by molar-refractivity contribution is 7.25. The fraction of sp³-hybridized carbons (Fsp3) is 0.193. The molecule has 16 rings (SSSR count). The molecule has 5 heterocycles. The first-order valence-corrected chi connectivity index (χ1v) is 32.2. The van der Waals surface area contributed by atoms with Crippen LogP contribution in [0.3, 0.4) is 0 Å². The first kappa shape index (κ1) is 54.7. The SMILES string of the molecule is CC(C)(C)c1cccc2c3ccccc3n(-c3c(C#N)c(-n4c5ccccc5c5cccc(C(C)(C)C)c54)c(-n4c5ccccc5c5cccc(C(C)(C)C)c54)c(-c4ccc5c(c4)sc4ccccc45)c3-n3c4ccccc4c4cccc(C(C)(C)C)c43)c12. The summed E-state index contributed by atoms with van der Waals surface area (Å²) in [6.07, 6.45) is 0. The first-order valence-electron chi connectivity index (χ1n) is 31.4. The lowest BCUT2D eigenvalue weighted by atomic mass is 9.84. The number of hydrogen-bond donors (Lipinski definition) is 0. The number of para-hydroxylation sites is 8. The Kier molecular flexibility index (Phi) is 11.8. The number of aromatic nitrogens is 4. The standard InChI is InChI=1S/C83H71N5S/c1-80(2,3)61-36-23-32-56-50-27-13-18-40-65(50)85(72(56)61)76-60(48-84)77(86-66-41-19-14-28-51(66)57-33-24-37-62(73(57)86)81(4,5)6)79(88-68-43-21-16-30-53(68)59-35-26-39-64(75(59)88)83(10,11)12)71(49-45-46-55-54-31-17-22-44-69(54)89-70(55)47-49)78(76)87-67-42-20-15-29-52(67)58-34-25-38-63(74(58)87)82(7,8)9/h13-47H,1-12H3. The largest absolute Gasteiger partial charge is 0.306 e. The maximum atomic E-state index is 13.6. The van der Waals surface area contributed by atoms with Gasteiger partial charge in [-0.2, -0.15) is 5.26 Å². The Labute approximate surface area is 523 Å². The molecule has 0 saturated carbocycles. The van der Waals surface area contributed by atoms with E-state index in [-0.39, 0.29) is 21.7 Å². The van der Waals surface area contributed by atoms with Gasteiger partial charge < -0.3 is 18.3 Å². The van der Waals surface area contributed by atoms with Crippen molar-refractivity contribution in [2.45, 2.75) is 105 Å². The zero-order valence-corrected chi connectivity index (χ0v) is 53.7. The van der Waals surface area contributed by atoms with Crippen molar-refractivity contribution in [1.82, 2.24) is 18.3 Å². The topological polar surface area (TPSA) is 43.5 Å². The molecule has 0 bridgehead atoms. The summed E-state index contributed by atoms with van der Waals surface area (Å²) in [5.74, 6) is 0. The highest BCUT2D eigenvalue weighted by Crippen LogP contribution is 2.55. The van der Waals surface area contributed by atoms with E-state index in [2.05, 4.69) is 320 Å².